The highest BCUT2D eigenvalue weighted by Crippen LogP contribution is 2.44. The molecule has 0 amide bonds. The van der Waals surface area contributed by atoms with Crippen LogP contribution < -0.4 is 0 Å². The molecule has 0 radical (unpaired) electrons. The Hall–Kier alpha value is -0.706. The molecule has 2 atom stereocenters. The van der Waals surface area contributed by atoms with Gasteiger partial charge in [0.25, 0.3) is 0 Å². The van der Waals surface area contributed by atoms with Gasteiger partial charge in [-0.3, -0.25) is 0 Å². The summed E-state index contributed by atoms with van der Waals surface area (Å²) < 4.78 is 0. The van der Waals surface area contributed by atoms with Crippen molar-refractivity contribution in [1.29, 1.82) is 0 Å². The lowest BCUT2D eigenvalue weighted by molar-refractivity contribution is 0.294. The molecule has 0 saturated carbocycles. The van der Waals surface area contributed by atoms with Crippen molar-refractivity contribution in [3.05, 3.63) is 11.6 Å². The molecular weight excluding hydrogens is 284 g/mol. The number of hydrogen-bond acceptors (Lipinski definition) is 0. The van der Waals surface area contributed by atoms with Gasteiger partial charge in [0.15, 0.2) is 0 Å². The Bertz CT molecular complexity index is 549. The Balaban J connectivity index is 3.14. The van der Waals surface area contributed by atoms with Crippen LogP contribution in [0.5, 0.6) is 0 Å². The second-order valence-electron chi connectivity index (χ2n) is 9.32. The molecule has 2 heteroatoms. The molecule has 0 fully saturated rings. The zero-order valence-corrected chi connectivity index (χ0v) is 17.5. The minimum Gasteiger partial charge on any atom is -0.131 e. The van der Waals surface area contributed by atoms with Crippen molar-refractivity contribution >= 4 is 16.1 Å². The van der Waals surface area contributed by atoms with E-state index in [1.807, 2.05) is 0 Å². The van der Waals surface area contributed by atoms with Crippen molar-refractivity contribution in [2.24, 2.45) is 10.8 Å². The van der Waals surface area contributed by atoms with Gasteiger partial charge in [-0.1, -0.05) is 56.9 Å². The van der Waals surface area contributed by atoms with Crippen LogP contribution in [0.3, 0.4) is 0 Å². The van der Waals surface area contributed by atoms with Gasteiger partial charge in [0.05, 0.1) is 0 Å². The minimum absolute atomic E-state index is 0.00845. The summed E-state index contributed by atoms with van der Waals surface area (Å²) in [6.45, 7) is 20.7. The molecule has 0 N–H and O–H groups in total. The summed E-state index contributed by atoms with van der Waals surface area (Å²) in [6, 6.07) is 0. The summed E-state index contributed by atoms with van der Waals surface area (Å²) in [4.78, 5) is 0. The molecule has 0 heterocycles. The maximum absolute atomic E-state index is 3.64. The summed E-state index contributed by atoms with van der Waals surface area (Å²) in [5, 5.41) is 0. The Morgan fingerprint density at radius 3 is 1.86 bits per heavy atom. The third-order valence-electron chi connectivity index (χ3n) is 3.45. The molecule has 0 saturated heterocycles. The van der Waals surface area contributed by atoms with E-state index in [2.05, 4.69) is 89.1 Å². The maximum Gasteiger partial charge on any atom is 0.129 e. The van der Waals surface area contributed by atoms with Crippen molar-refractivity contribution in [1.82, 2.24) is 0 Å². The standard InChI is InChI=1S/C19H32Si2/c1-17-14-18(2,10-12-20(4,5)6)16-19(3,15-17)11-13-21(7,8)9/h14H,15-16H2,1-9H3. The first-order chi connectivity index (χ1) is 9.22. The van der Waals surface area contributed by atoms with Crippen molar-refractivity contribution in [3.63, 3.8) is 0 Å². The monoisotopic (exact) mass is 316 g/mol. The predicted octanol–water partition coefficient (Wildman–Crippen LogP) is 5.50. The van der Waals surface area contributed by atoms with Crippen molar-refractivity contribution in [3.8, 4) is 22.9 Å². The summed E-state index contributed by atoms with van der Waals surface area (Å²) >= 11 is 0. The molecule has 0 bridgehead atoms. The Morgan fingerprint density at radius 1 is 0.905 bits per heavy atom. The normalized spacial score (nSPS) is 29.7. The molecule has 0 aliphatic heterocycles. The lowest BCUT2D eigenvalue weighted by atomic mass is 9.66. The average Bonchev–Trinajstić information content (AvgIpc) is 2.21. The summed E-state index contributed by atoms with van der Waals surface area (Å²) in [5.41, 5.74) is 8.67. The van der Waals surface area contributed by atoms with E-state index in [-0.39, 0.29) is 10.8 Å². The fraction of sp³-hybridized carbons (Fsp3) is 0.684. The van der Waals surface area contributed by atoms with Crippen LogP contribution >= 0.6 is 0 Å². The zero-order valence-electron chi connectivity index (χ0n) is 15.5. The summed E-state index contributed by atoms with van der Waals surface area (Å²) in [5.74, 6) is 7.23. The van der Waals surface area contributed by atoms with Crippen molar-refractivity contribution < 1.29 is 0 Å². The van der Waals surface area contributed by atoms with Crippen LogP contribution in [0.4, 0.5) is 0 Å². The third-order valence-corrected chi connectivity index (χ3v) is 5.20. The topological polar surface area (TPSA) is 0 Å². The number of hydrogen-bond donors (Lipinski definition) is 0. The van der Waals surface area contributed by atoms with Gasteiger partial charge in [-0.15, -0.1) is 17.0 Å². The molecule has 0 aromatic heterocycles. The van der Waals surface area contributed by atoms with Crippen LogP contribution in [0, 0.1) is 33.8 Å². The fourth-order valence-electron chi connectivity index (χ4n) is 2.97. The molecule has 1 rings (SSSR count). The highest BCUT2D eigenvalue weighted by atomic mass is 28.3. The average molecular weight is 317 g/mol. The Morgan fingerprint density at radius 2 is 1.38 bits per heavy atom. The summed E-state index contributed by atoms with van der Waals surface area (Å²) in [6.07, 6.45) is 4.54. The predicted molar refractivity (Wildman–Crippen MR) is 101 cm³/mol. The molecule has 0 aromatic rings. The van der Waals surface area contributed by atoms with E-state index in [0.29, 0.717) is 0 Å². The lowest BCUT2D eigenvalue weighted by Gasteiger charge is -2.37. The van der Waals surface area contributed by atoms with Gasteiger partial charge >= 0.3 is 0 Å². The van der Waals surface area contributed by atoms with Gasteiger partial charge < -0.3 is 0 Å². The third kappa shape index (κ3) is 6.72. The first kappa shape index (κ1) is 18.3. The highest BCUT2D eigenvalue weighted by molar-refractivity contribution is 6.84. The number of allylic oxidation sites excluding steroid dienone is 2. The quantitative estimate of drug-likeness (QED) is 0.314. The molecule has 1 aliphatic rings. The van der Waals surface area contributed by atoms with Crippen LogP contribution in [0.25, 0.3) is 0 Å². The molecule has 0 aromatic carbocycles. The van der Waals surface area contributed by atoms with Crippen molar-refractivity contribution in [2.75, 3.05) is 0 Å². The highest BCUT2D eigenvalue weighted by Gasteiger charge is 2.36. The van der Waals surface area contributed by atoms with Gasteiger partial charge in [0.2, 0.25) is 0 Å². The molecular formula is C19H32Si2. The van der Waals surface area contributed by atoms with Gasteiger partial charge in [0, 0.05) is 10.8 Å². The second-order valence-corrected chi connectivity index (χ2v) is 18.8. The molecule has 1 aliphatic carbocycles. The van der Waals surface area contributed by atoms with Crippen LogP contribution in [0.2, 0.25) is 39.3 Å². The lowest BCUT2D eigenvalue weighted by Crippen LogP contribution is -2.31. The zero-order chi connectivity index (χ0) is 16.5. The van der Waals surface area contributed by atoms with E-state index >= 15 is 0 Å². The van der Waals surface area contributed by atoms with Gasteiger partial charge in [-0.05, 0) is 33.6 Å². The summed E-state index contributed by atoms with van der Waals surface area (Å²) in [7, 11) is -2.64. The fourth-order valence-corrected chi connectivity index (χ4v) is 4.31. The van der Waals surface area contributed by atoms with Crippen LogP contribution in [-0.4, -0.2) is 16.1 Å². The van der Waals surface area contributed by atoms with E-state index in [0.717, 1.165) is 12.8 Å². The maximum atomic E-state index is 3.64. The molecule has 0 spiro atoms. The SMILES string of the molecule is CC1=CC(C)(C#C[Si](C)(C)C)CC(C)(C#C[Si](C)(C)C)C1. The molecule has 2 unspecified atom stereocenters. The van der Waals surface area contributed by atoms with Crippen LogP contribution in [0.1, 0.15) is 33.6 Å². The first-order valence-corrected chi connectivity index (χ1v) is 15.0. The van der Waals surface area contributed by atoms with Crippen LogP contribution in [-0.2, 0) is 0 Å². The Labute approximate surface area is 134 Å². The van der Waals surface area contributed by atoms with Crippen LogP contribution in [0.15, 0.2) is 11.6 Å². The van der Waals surface area contributed by atoms with Gasteiger partial charge in [0.1, 0.15) is 16.1 Å². The minimum atomic E-state index is -1.32. The first-order valence-electron chi connectivity index (χ1n) is 7.99. The molecule has 21 heavy (non-hydrogen) atoms. The van der Waals surface area contributed by atoms with Gasteiger partial charge in [-0.25, -0.2) is 0 Å². The smallest absolute Gasteiger partial charge is 0.129 e. The van der Waals surface area contributed by atoms with Crippen molar-refractivity contribution in [2.45, 2.75) is 72.9 Å². The Kier molecular flexibility index (Phi) is 5.09. The second kappa shape index (κ2) is 5.83. The molecule has 116 valence electrons. The largest absolute Gasteiger partial charge is 0.131 e. The number of rotatable bonds is 0. The van der Waals surface area contributed by atoms with E-state index in [4.69, 9.17) is 0 Å². The van der Waals surface area contributed by atoms with E-state index in [9.17, 15) is 0 Å². The van der Waals surface area contributed by atoms with E-state index in [1.54, 1.807) is 0 Å². The van der Waals surface area contributed by atoms with Gasteiger partial charge in [-0.2, -0.15) is 0 Å². The van der Waals surface area contributed by atoms with E-state index < -0.39 is 16.1 Å². The molecule has 0 nitrogen and oxygen atoms in total. The van der Waals surface area contributed by atoms with E-state index in [1.165, 1.54) is 5.57 Å².